The maximum Gasteiger partial charge on any atom is 0.342 e. The Hall–Kier alpha value is -1.73. The minimum absolute atomic E-state index is 0.0366. The molecule has 0 aliphatic carbocycles. The summed E-state index contributed by atoms with van der Waals surface area (Å²) in [5.74, 6) is 0.144. The molecule has 0 heterocycles. The second-order valence-corrected chi connectivity index (χ2v) is 6.77. The Morgan fingerprint density at radius 3 is 2.48 bits per heavy atom. The second-order valence-electron chi connectivity index (χ2n) is 4.34. The maximum absolute atomic E-state index is 12.4. The van der Waals surface area contributed by atoms with Crippen LogP contribution >= 0.6 is 15.9 Å². The van der Waals surface area contributed by atoms with Crippen LogP contribution in [0.25, 0.3) is 0 Å². The molecule has 0 amide bonds. The van der Waals surface area contributed by atoms with Crippen LogP contribution in [0, 0.1) is 6.92 Å². The van der Waals surface area contributed by atoms with Crippen molar-refractivity contribution in [1.29, 1.82) is 0 Å². The molecule has 0 aliphatic rings. The minimum atomic E-state index is -4.08. The van der Waals surface area contributed by atoms with Crippen LogP contribution in [0.1, 0.15) is 5.56 Å². The standard InChI is InChI=1S/C14H13BrO5S/c1-9-5-11(16)8-12(6-9)20-21(17,18)14-7-10(15)3-4-13(14)19-2/h3-8,16H,1-2H3. The number of benzene rings is 2. The van der Waals surface area contributed by atoms with Gasteiger partial charge in [0.15, 0.2) is 0 Å². The molecule has 0 radical (unpaired) electrons. The van der Waals surface area contributed by atoms with Crippen molar-refractivity contribution in [3.63, 3.8) is 0 Å². The average Bonchev–Trinajstić information content (AvgIpc) is 2.36. The molecule has 0 aromatic heterocycles. The molecule has 0 saturated carbocycles. The third kappa shape index (κ3) is 3.68. The SMILES string of the molecule is COc1ccc(Br)cc1S(=O)(=O)Oc1cc(C)cc(O)c1. The Morgan fingerprint density at radius 1 is 1.14 bits per heavy atom. The Morgan fingerprint density at radius 2 is 1.86 bits per heavy atom. The molecule has 7 heteroatoms. The van der Waals surface area contributed by atoms with Crippen molar-refractivity contribution in [3.8, 4) is 17.2 Å². The van der Waals surface area contributed by atoms with Gasteiger partial charge in [-0.15, -0.1) is 0 Å². The molecular formula is C14H13BrO5S. The Balaban J connectivity index is 2.45. The first-order chi connectivity index (χ1) is 9.81. The third-order valence-corrected chi connectivity index (χ3v) is 4.40. The van der Waals surface area contributed by atoms with E-state index in [9.17, 15) is 13.5 Å². The lowest BCUT2D eigenvalue weighted by molar-refractivity contribution is 0.398. The lowest BCUT2D eigenvalue weighted by atomic mass is 10.2. The van der Waals surface area contributed by atoms with Crippen LogP contribution in [-0.4, -0.2) is 20.6 Å². The summed E-state index contributed by atoms with van der Waals surface area (Å²) >= 11 is 3.21. The van der Waals surface area contributed by atoms with Crippen LogP contribution in [0.15, 0.2) is 45.8 Å². The highest BCUT2D eigenvalue weighted by Crippen LogP contribution is 2.31. The van der Waals surface area contributed by atoms with E-state index < -0.39 is 10.1 Å². The molecule has 2 rings (SSSR count). The van der Waals surface area contributed by atoms with Crippen molar-refractivity contribution in [2.75, 3.05) is 7.11 Å². The Labute approximate surface area is 131 Å². The number of aryl methyl sites for hydroxylation is 1. The second kappa shape index (κ2) is 5.95. The molecular weight excluding hydrogens is 360 g/mol. The lowest BCUT2D eigenvalue weighted by Crippen LogP contribution is -2.11. The molecule has 0 saturated heterocycles. The molecule has 1 N–H and O–H groups in total. The van der Waals surface area contributed by atoms with Crippen molar-refractivity contribution >= 4 is 26.0 Å². The third-order valence-electron chi connectivity index (χ3n) is 2.64. The topological polar surface area (TPSA) is 72.8 Å². The van der Waals surface area contributed by atoms with Gasteiger partial charge in [-0.25, -0.2) is 0 Å². The van der Waals surface area contributed by atoms with Crippen LogP contribution in [-0.2, 0) is 10.1 Å². The number of phenolic OH excluding ortho intramolecular Hbond substituents is 1. The quantitative estimate of drug-likeness (QED) is 0.833. The molecule has 2 aromatic rings. The maximum atomic E-state index is 12.4. The highest BCUT2D eigenvalue weighted by Gasteiger charge is 2.22. The van der Waals surface area contributed by atoms with Crippen molar-refractivity contribution in [2.24, 2.45) is 0 Å². The zero-order valence-electron chi connectivity index (χ0n) is 11.3. The first-order valence-electron chi connectivity index (χ1n) is 5.90. The van der Waals surface area contributed by atoms with Gasteiger partial charge in [0.25, 0.3) is 0 Å². The van der Waals surface area contributed by atoms with E-state index >= 15 is 0 Å². The highest BCUT2D eigenvalue weighted by atomic mass is 79.9. The number of hydrogen-bond acceptors (Lipinski definition) is 5. The van der Waals surface area contributed by atoms with Crippen molar-refractivity contribution in [1.82, 2.24) is 0 Å². The van der Waals surface area contributed by atoms with E-state index in [1.807, 2.05) is 0 Å². The van der Waals surface area contributed by atoms with E-state index in [1.54, 1.807) is 13.0 Å². The van der Waals surface area contributed by atoms with Crippen LogP contribution in [0.5, 0.6) is 17.2 Å². The molecule has 0 spiro atoms. The van der Waals surface area contributed by atoms with Gasteiger partial charge in [0.1, 0.15) is 22.1 Å². The smallest absolute Gasteiger partial charge is 0.342 e. The summed E-state index contributed by atoms with van der Waals surface area (Å²) in [5.41, 5.74) is 0.682. The van der Waals surface area contributed by atoms with Crippen LogP contribution in [0.4, 0.5) is 0 Å². The number of halogens is 1. The van der Waals surface area contributed by atoms with Gasteiger partial charge in [0, 0.05) is 10.5 Å². The van der Waals surface area contributed by atoms with Crippen LogP contribution in [0.2, 0.25) is 0 Å². The van der Waals surface area contributed by atoms with Gasteiger partial charge < -0.3 is 14.0 Å². The summed E-state index contributed by atoms with van der Waals surface area (Å²) in [4.78, 5) is -0.0969. The summed E-state index contributed by atoms with van der Waals surface area (Å²) in [6, 6.07) is 8.82. The van der Waals surface area contributed by atoms with Gasteiger partial charge in [-0.3, -0.25) is 0 Å². The Kier molecular flexibility index (Phi) is 4.43. The molecule has 5 nitrogen and oxygen atoms in total. The van der Waals surface area contributed by atoms with Crippen molar-refractivity contribution < 1.29 is 22.4 Å². The number of rotatable bonds is 4. The fraction of sp³-hybridized carbons (Fsp3) is 0.143. The molecule has 0 atom stereocenters. The van der Waals surface area contributed by atoms with Crippen molar-refractivity contribution in [3.05, 3.63) is 46.4 Å². The van der Waals surface area contributed by atoms with Crippen molar-refractivity contribution in [2.45, 2.75) is 11.8 Å². The fourth-order valence-electron chi connectivity index (χ4n) is 1.79. The van der Waals surface area contributed by atoms with E-state index in [2.05, 4.69) is 15.9 Å². The predicted molar refractivity (Wildman–Crippen MR) is 81.4 cm³/mol. The fourth-order valence-corrected chi connectivity index (χ4v) is 3.42. The monoisotopic (exact) mass is 372 g/mol. The summed E-state index contributed by atoms with van der Waals surface area (Å²) in [6.07, 6.45) is 0. The number of phenols is 1. The highest BCUT2D eigenvalue weighted by molar-refractivity contribution is 9.10. The Bertz CT molecular complexity index is 751. The lowest BCUT2D eigenvalue weighted by Gasteiger charge is -2.11. The van der Waals surface area contributed by atoms with E-state index in [1.165, 1.54) is 37.4 Å². The first-order valence-corrected chi connectivity index (χ1v) is 8.10. The van der Waals surface area contributed by atoms with Gasteiger partial charge in [-0.1, -0.05) is 15.9 Å². The summed E-state index contributed by atoms with van der Waals surface area (Å²) in [5, 5.41) is 9.50. The zero-order valence-corrected chi connectivity index (χ0v) is 13.7. The number of ether oxygens (including phenoxy) is 1. The van der Waals surface area contributed by atoms with E-state index in [0.29, 0.717) is 10.0 Å². The van der Waals surface area contributed by atoms with E-state index in [-0.39, 0.29) is 22.1 Å². The van der Waals surface area contributed by atoms with E-state index in [4.69, 9.17) is 8.92 Å². The number of aromatic hydroxyl groups is 1. The zero-order chi connectivity index (χ0) is 15.6. The normalized spacial score (nSPS) is 11.2. The molecule has 112 valence electrons. The van der Waals surface area contributed by atoms with Gasteiger partial charge in [-0.2, -0.15) is 8.42 Å². The van der Waals surface area contributed by atoms with Gasteiger partial charge >= 0.3 is 10.1 Å². The predicted octanol–water partition coefficient (Wildman–Crippen LogP) is 3.24. The summed E-state index contributed by atoms with van der Waals surface area (Å²) < 4.78 is 35.4. The molecule has 2 aromatic carbocycles. The molecule has 21 heavy (non-hydrogen) atoms. The van der Waals surface area contributed by atoms with E-state index in [0.717, 1.165) is 0 Å². The minimum Gasteiger partial charge on any atom is -0.508 e. The number of methoxy groups -OCH3 is 1. The van der Waals surface area contributed by atoms with Gasteiger partial charge in [0.05, 0.1) is 7.11 Å². The molecule has 0 unspecified atom stereocenters. The van der Waals surface area contributed by atoms with Crippen LogP contribution in [0.3, 0.4) is 0 Å². The largest absolute Gasteiger partial charge is 0.508 e. The van der Waals surface area contributed by atoms with Crippen LogP contribution < -0.4 is 8.92 Å². The number of hydrogen-bond donors (Lipinski definition) is 1. The van der Waals surface area contributed by atoms with Gasteiger partial charge in [0.2, 0.25) is 0 Å². The summed E-state index contributed by atoms with van der Waals surface area (Å²) in [7, 11) is -2.70. The summed E-state index contributed by atoms with van der Waals surface area (Å²) in [6.45, 7) is 1.72. The molecule has 0 aliphatic heterocycles. The molecule has 0 bridgehead atoms. The first kappa shape index (κ1) is 15.7. The molecule has 0 fully saturated rings. The average molecular weight is 373 g/mol. The van der Waals surface area contributed by atoms with Gasteiger partial charge in [-0.05, 0) is 42.8 Å².